The van der Waals surface area contributed by atoms with E-state index in [4.69, 9.17) is 22.1 Å². The van der Waals surface area contributed by atoms with Crippen molar-refractivity contribution in [2.45, 2.75) is 12.8 Å². The molecule has 2 rings (SSSR count). The van der Waals surface area contributed by atoms with Gasteiger partial charge in [-0.2, -0.15) is 0 Å². The molecule has 3 N–H and O–H groups in total. The lowest BCUT2D eigenvalue weighted by Gasteiger charge is -2.11. The predicted molar refractivity (Wildman–Crippen MR) is 108 cm³/mol. The summed E-state index contributed by atoms with van der Waals surface area (Å²) in [6.07, 6.45) is 0. The lowest BCUT2D eigenvalue weighted by atomic mass is 10.0. The Balaban J connectivity index is 0.00000264. The molecule has 0 aromatic heterocycles. The van der Waals surface area contributed by atoms with E-state index in [1.807, 2.05) is 24.3 Å². The highest BCUT2D eigenvalue weighted by molar-refractivity contribution is 14.0. The Bertz CT molecular complexity index is 650. The fourth-order valence-corrected chi connectivity index (χ4v) is 2.31. The van der Waals surface area contributed by atoms with Crippen molar-refractivity contribution < 1.29 is 4.74 Å². The van der Waals surface area contributed by atoms with E-state index in [0.717, 1.165) is 5.69 Å². The number of nitrogens with zero attached hydrogens (tertiary/aromatic N) is 1. The van der Waals surface area contributed by atoms with E-state index in [9.17, 15) is 0 Å². The molecule has 4 nitrogen and oxygen atoms in total. The third-order valence-corrected chi connectivity index (χ3v) is 3.62. The minimum absolute atomic E-state index is 0. The molecule has 0 heterocycles. The van der Waals surface area contributed by atoms with Crippen molar-refractivity contribution in [2.24, 2.45) is 10.7 Å². The largest absolute Gasteiger partial charge is 0.495 e. The van der Waals surface area contributed by atoms with E-state index in [1.165, 1.54) is 5.56 Å². The van der Waals surface area contributed by atoms with Crippen LogP contribution in [-0.2, 0) is 0 Å². The van der Waals surface area contributed by atoms with Crippen LogP contribution >= 0.6 is 35.6 Å². The molecular formula is C17H21ClIN3O. The van der Waals surface area contributed by atoms with Crippen molar-refractivity contribution in [3.63, 3.8) is 0 Å². The summed E-state index contributed by atoms with van der Waals surface area (Å²) in [5.41, 5.74) is 7.94. The Morgan fingerprint density at radius 2 is 1.96 bits per heavy atom. The van der Waals surface area contributed by atoms with Crippen molar-refractivity contribution in [2.75, 3.05) is 19.0 Å². The van der Waals surface area contributed by atoms with Gasteiger partial charge in [0, 0.05) is 18.2 Å². The number of rotatable bonds is 5. The van der Waals surface area contributed by atoms with Crippen molar-refractivity contribution in [1.82, 2.24) is 0 Å². The zero-order valence-corrected chi connectivity index (χ0v) is 16.2. The molecule has 0 bridgehead atoms. The van der Waals surface area contributed by atoms with E-state index in [0.29, 0.717) is 29.2 Å². The number of hydrogen-bond acceptors (Lipinski definition) is 2. The summed E-state index contributed by atoms with van der Waals surface area (Å²) in [6.45, 7) is 2.74. The minimum Gasteiger partial charge on any atom is -0.495 e. The van der Waals surface area contributed by atoms with Crippen LogP contribution in [0.2, 0.25) is 5.02 Å². The van der Waals surface area contributed by atoms with E-state index in [1.54, 1.807) is 19.2 Å². The van der Waals surface area contributed by atoms with E-state index in [2.05, 4.69) is 29.4 Å². The fraction of sp³-hybridized carbons (Fsp3) is 0.235. The average molecular weight is 446 g/mol. The van der Waals surface area contributed by atoms with Gasteiger partial charge in [0.05, 0.1) is 12.1 Å². The number of nitrogens with one attached hydrogen (secondary N) is 1. The molecule has 124 valence electrons. The highest BCUT2D eigenvalue weighted by Crippen LogP contribution is 2.27. The molecule has 1 unspecified atom stereocenters. The van der Waals surface area contributed by atoms with E-state index in [-0.39, 0.29) is 24.0 Å². The van der Waals surface area contributed by atoms with Gasteiger partial charge in [-0.15, -0.1) is 24.0 Å². The molecule has 1 atom stereocenters. The Morgan fingerprint density at radius 3 is 2.57 bits per heavy atom. The average Bonchev–Trinajstić information content (AvgIpc) is 2.53. The molecule has 0 saturated heterocycles. The smallest absolute Gasteiger partial charge is 0.193 e. The molecule has 0 aliphatic rings. The van der Waals surface area contributed by atoms with E-state index < -0.39 is 0 Å². The number of nitrogens with two attached hydrogens (primary N) is 1. The van der Waals surface area contributed by atoms with Crippen LogP contribution in [0.5, 0.6) is 5.75 Å². The summed E-state index contributed by atoms with van der Waals surface area (Å²) >= 11 is 6.07. The first kappa shape index (κ1) is 19.6. The number of ether oxygens (including phenoxy) is 1. The van der Waals surface area contributed by atoms with Crippen LogP contribution in [0.3, 0.4) is 0 Å². The summed E-state index contributed by atoms with van der Waals surface area (Å²) in [4.78, 5) is 4.38. The molecule has 0 saturated carbocycles. The highest BCUT2D eigenvalue weighted by atomic mass is 127. The molecule has 0 aliphatic heterocycles. The Hall–Kier alpha value is -1.47. The summed E-state index contributed by atoms with van der Waals surface area (Å²) in [5.74, 6) is 1.30. The Labute approximate surface area is 159 Å². The topological polar surface area (TPSA) is 59.6 Å². The van der Waals surface area contributed by atoms with Crippen LogP contribution in [0.15, 0.2) is 53.5 Å². The number of anilines is 1. The molecule has 0 radical (unpaired) electrons. The van der Waals surface area contributed by atoms with Gasteiger partial charge in [-0.3, -0.25) is 4.99 Å². The summed E-state index contributed by atoms with van der Waals surface area (Å²) in [6, 6.07) is 15.6. The van der Waals surface area contributed by atoms with E-state index >= 15 is 0 Å². The normalized spacial score (nSPS) is 12.2. The molecule has 2 aromatic rings. The summed E-state index contributed by atoms with van der Waals surface area (Å²) in [5, 5.41) is 3.55. The number of hydrogen-bond donors (Lipinski definition) is 2. The van der Waals surface area contributed by atoms with Crippen LogP contribution in [0, 0.1) is 0 Å². The van der Waals surface area contributed by atoms with Gasteiger partial charge in [-0.1, -0.05) is 48.9 Å². The molecule has 6 heteroatoms. The Kier molecular flexibility index (Phi) is 8.19. The van der Waals surface area contributed by atoms with Gasteiger partial charge < -0.3 is 15.8 Å². The van der Waals surface area contributed by atoms with Gasteiger partial charge in [0.15, 0.2) is 5.96 Å². The van der Waals surface area contributed by atoms with Crippen LogP contribution in [0.1, 0.15) is 18.4 Å². The first-order chi connectivity index (χ1) is 10.6. The predicted octanol–water partition coefficient (Wildman–Crippen LogP) is 4.50. The summed E-state index contributed by atoms with van der Waals surface area (Å²) in [7, 11) is 1.58. The minimum atomic E-state index is 0. The molecule has 0 fully saturated rings. The monoisotopic (exact) mass is 445 g/mol. The fourth-order valence-electron chi connectivity index (χ4n) is 2.05. The number of benzene rings is 2. The van der Waals surface area contributed by atoms with Crippen molar-refractivity contribution in [3.8, 4) is 5.75 Å². The third-order valence-electron chi connectivity index (χ3n) is 3.33. The Morgan fingerprint density at radius 1 is 1.26 bits per heavy atom. The maximum Gasteiger partial charge on any atom is 0.193 e. The van der Waals surface area contributed by atoms with Crippen LogP contribution < -0.4 is 15.8 Å². The van der Waals surface area contributed by atoms with Gasteiger partial charge in [0.2, 0.25) is 0 Å². The van der Waals surface area contributed by atoms with Gasteiger partial charge in [0.25, 0.3) is 0 Å². The standard InChI is InChI=1S/C17H20ClN3O.HI/c1-12(13-6-4-3-5-7-13)11-20-17(19)21-14-8-9-16(22-2)15(18)10-14;/h3-10,12H,11H2,1-2H3,(H3,19,20,21);1H. The number of guanidine groups is 1. The SMILES string of the molecule is COc1ccc(NC(N)=NCC(C)c2ccccc2)cc1Cl.I. The first-order valence-electron chi connectivity index (χ1n) is 7.05. The van der Waals surface area contributed by atoms with Crippen molar-refractivity contribution in [3.05, 3.63) is 59.1 Å². The lowest BCUT2D eigenvalue weighted by molar-refractivity contribution is 0.415. The van der Waals surface area contributed by atoms with Crippen LogP contribution in [0.25, 0.3) is 0 Å². The second-order valence-corrected chi connectivity index (χ2v) is 5.42. The highest BCUT2D eigenvalue weighted by Gasteiger charge is 2.05. The number of halogens is 2. The van der Waals surface area contributed by atoms with Crippen molar-refractivity contribution in [1.29, 1.82) is 0 Å². The quantitative estimate of drug-likeness (QED) is 0.405. The third kappa shape index (κ3) is 5.91. The molecule has 0 amide bonds. The van der Waals surface area contributed by atoms with Crippen LogP contribution in [0.4, 0.5) is 5.69 Å². The molecule has 0 spiro atoms. The number of aliphatic imine (C=N–C) groups is 1. The van der Waals surface area contributed by atoms with Gasteiger partial charge in [-0.05, 0) is 23.8 Å². The second kappa shape index (κ2) is 9.62. The maximum absolute atomic E-state index is 6.07. The van der Waals surface area contributed by atoms with Gasteiger partial charge in [-0.25, -0.2) is 0 Å². The van der Waals surface area contributed by atoms with Gasteiger partial charge >= 0.3 is 0 Å². The molecule has 0 aliphatic carbocycles. The number of methoxy groups -OCH3 is 1. The van der Waals surface area contributed by atoms with Crippen molar-refractivity contribution >= 4 is 47.2 Å². The van der Waals surface area contributed by atoms with Gasteiger partial charge in [0.1, 0.15) is 5.75 Å². The maximum atomic E-state index is 6.07. The molecular weight excluding hydrogens is 425 g/mol. The zero-order valence-electron chi connectivity index (χ0n) is 13.1. The summed E-state index contributed by atoms with van der Waals surface area (Å²) < 4.78 is 5.11. The molecule has 2 aromatic carbocycles. The molecule has 23 heavy (non-hydrogen) atoms. The van der Waals surface area contributed by atoms with Crippen LogP contribution in [-0.4, -0.2) is 19.6 Å². The first-order valence-corrected chi connectivity index (χ1v) is 7.43. The second-order valence-electron chi connectivity index (χ2n) is 5.01. The zero-order chi connectivity index (χ0) is 15.9. The lowest BCUT2D eigenvalue weighted by Crippen LogP contribution is -2.23.